The van der Waals surface area contributed by atoms with E-state index < -0.39 is 0 Å². The third-order valence-electron chi connectivity index (χ3n) is 6.14. The van der Waals surface area contributed by atoms with Gasteiger partial charge in [-0.2, -0.15) is 0 Å². The van der Waals surface area contributed by atoms with Crippen LogP contribution in [0.5, 0.6) is 0 Å². The number of carbonyl (C=O) groups is 1. The van der Waals surface area contributed by atoms with Crippen LogP contribution >= 0.6 is 23.2 Å². The lowest BCUT2D eigenvalue weighted by molar-refractivity contribution is -0.121. The number of halogens is 2. The molecule has 0 spiro atoms. The molecule has 1 atom stereocenters. The Balaban J connectivity index is 1.56. The van der Waals surface area contributed by atoms with E-state index in [-0.39, 0.29) is 11.8 Å². The molecule has 0 aliphatic heterocycles. The molecule has 1 heterocycles. The molecular formula is C28H28Cl2N2O. The van der Waals surface area contributed by atoms with Crippen LogP contribution in [-0.4, -0.2) is 17.0 Å². The minimum atomic E-state index is -0.0255. The van der Waals surface area contributed by atoms with E-state index in [1.807, 2.05) is 12.1 Å². The quantitative estimate of drug-likeness (QED) is 0.286. The minimum absolute atomic E-state index is 0.0255. The number of aryl methyl sites for hydroxylation is 2. The summed E-state index contributed by atoms with van der Waals surface area (Å²) in [7, 11) is 0. The van der Waals surface area contributed by atoms with E-state index in [1.54, 1.807) is 6.07 Å². The highest BCUT2D eigenvalue weighted by atomic mass is 35.5. The molecule has 4 rings (SSSR count). The predicted octanol–water partition coefficient (Wildman–Crippen LogP) is 7.16. The molecule has 1 N–H and O–H groups in total. The summed E-state index contributed by atoms with van der Waals surface area (Å²) < 4.78 is 2.26. The SMILES string of the molecule is CCn1cc([C@H](CC(=O)NCCc2ccc(Cl)cc2Cl)c2ccc(C)cc2)c2ccccc21. The first-order chi connectivity index (χ1) is 16.0. The van der Waals surface area contributed by atoms with Crippen molar-refractivity contribution in [2.45, 2.75) is 39.2 Å². The summed E-state index contributed by atoms with van der Waals surface area (Å²) >= 11 is 12.3. The number of hydrogen-bond acceptors (Lipinski definition) is 1. The molecule has 1 aromatic heterocycles. The first kappa shape index (κ1) is 23.4. The summed E-state index contributed by atoms with van der Waals surface area (Å²) in [5, 5.41) is 5.52. The van der Waals surface area contributed by atoms with Gasteiger partial charge in [0.05, 0.1) is 0 Å². The van der Waals surface area contributed by atoms with Gasteiger partial charge in [-0.1, -0.05) is 77.3 Å². The van der Waals surface area contributed by atoms with Crippen molar-refractivity contribution >= 4 is 40.0 Å². The zero-order chi connectivity index (χ0) is 23.4. The second-order valence-electron chi connectivity index (χ2n) is 8.39. The number of benzene rings is 3. The predicted molar refractivity (Wildman–Crippen MR) is 138 cm³/mol. The number of nitrogens with zero attached hydrogens (tertiary/aromatic N) is 1. The Kier molecular flexibility index (Phi) is 7.42. The van der Waals surface area contributed by atoms with Crippen LogP contribution in [-0.2, 0) is 17.8 Å². The Morgan fingerprint density at radius 1 is 1.03 bits per heavy atom. The third kappa shape index (κ3) is 5.43. The first-order valence-electron chi connectivity index (χ1n) is 11.3. The lowest BCUT2D eigenvalue weighted by Gasteiger charge is -2.18. The summed E-state index contributed by atoms with van der Waals surface area (Å²) in [6, 6.07) is 22.4. The van der Waals surface area contributed by atoms with Crippen LogP contribution < -0.4 is 5.32 Å². The Hall–Kier alpha value is -2.75. The summed E-state index contributed by atoms with van der Waals surface area (Å²) in [5.41, 5.74) is 5.72. The molecule has 170 valence electrons. The van der Waals surface area contributed by atoms with E-state index >= 15 is 0 Å². The lowest BCUT2D eigenvalue weighted by atomic mass is 9.87. The van der Waals surface area contributed by atoms with Gasteiger partial charge < -0.3 is 9.88 Å². The molecular weight excluding hydrogens is 451 g/mol. The van der Waals surface area contributed by atoms with Gasteiger partial charge in [-0.25, -0.2) is 0 Å². The number of fused-ring (bicyclic) bond motifs is 1. The van der Waals surface area contributed by atoms with Crippen molar-refractivity contribution in [2.75, 3.05) is 6.54 Å². The number of carbonyl (C=O) groups excluding carboxylic acids is 1. The first-order valence-corrected chi connectivity index (χ1v) is 12.1. The second-order valence-corrected chi connectivity index (χ2v) is 9.23. The molecule has 0 bridgehead atoms. The third-order valence-corrected chi connectivity index (χ3v) is 6.72. The normalized spacial score (nSPS) is 12.1. The standard InChI is InChI=1S/C28H28Cl2N2O/c1-3-32-18-25(23-6-4-5-7-27(23)32)24(20-10-8-19(2)9-11-20)17-28(33)31-15-14-21-12-13-22(29)16-26(21)30/h4-13,16,18,24H,3,14-15,17H2,1-2H3,(H,31,33)/t24-/m1/s1. The minimum Gasteiger partial charge on any atom is -0.356 e. The molecule has 0 radical (unpaired) electrons. The van der Waals surface area contributed by atoms with Crippen molar-refractivity contribution < 1.29 is 4.79 Å². The molecule has 33 heavy (non-hydrogen) atoms. The largest absolute Gasteiger partial charge is 0.356 e. The van der Waals surface area contributed by atoms with E-state index in [0.29, 0.717) is 29.4 Å². The van der Waals surface area contributed by atoms with Gasteiger partial charge in [0.2, 0.25) is 5.91 Å². The lowest BCUT2D eigenvalue weighted by Crippen LogP contribution is -2.27. The summed E-state index contributed by atoms with van der Waals surface area (Å²) in [4.78, 5) is 13.0. The molecule has 0 unspecified atom stereocenters. The zero-order valence-electron chi connectivity index (χ0n) is 18.9. The van der Waals surface area contributed by atoms with Crippen molar-refractivity contribution in [2.24, 2.45) is 0 Å². The fraction of sp³-hybridized carbons (Fsp3) is 0.250. The molecule has 0 aliphatic rings. The fourth-order valence-corrected chi connectivity index (χ4v) is 4.84. The van der Waals surface area contributed by atoms with Gasteiger partial charge in [0.25, 0.3) is 0 Å². The van der Waals surface area contributed by atoms with Crippen LogP contribution in [0.15, 0.2) is 72.9 Å². The zero-order valence-corrected chi connectivity index (χ0v) is 20.5. The number of para-hydroxylation sites is 1. The Morgan fingerprint density at radius 2 is 1.79 bits per heavy atom. The smallest absolute Gasteiger partial charge is 0.220 e. The van der Waals surface area contributed by atoms with Crippen LogP contribution in [0.2, 0.25) is 10.0 Å². The maximum atomic E-state index is 13.0. The highest BCUT2D eigenvalue weighted by Crippen LogP contribution is 2.35. The Bertz CT molecular complexity index is 1260. The average Bonchev–Trinajstić information content (AvgIpc) is 3.18. The molecule has 0 fully saturated rings. The van der Waals surface area contributed by atoms with Gasteiger partial charge in [-0.15, -0.1) is 0 Å². The fourth-order valence-electron chi connectivity index (χ4n) is 4.34. The van der Waals surface area contributed by atoms with Crippen molar-refractivity contribution in [3.8, 4) is 0 Å². The van der Waals surface area contributed by atoms with Crippen molar-refractivity contribution in [3.05, 3.63) is 105 Å². The molecule has 0 aliphatic carbocycles. The van der Waals surface area contributed by atoms with E-state index in [2.05, 4.69) is 78.5 Å². The number of aromatic nitrogens is 1. The van der Waals surface area contributed by atoms with E-state index in [1.165, 1.54) is 22.0 Å². The van der Waals surface area contributed by atoms with Crippen molar-refractivity contribution in [1.29, 1.82) is 0 Å². The van der Waals surface area contributed by atoms with Gasteiger partial charge in [-0.3, -0.25) is 4.79 Å². The van der Waals surface area contributed by atoms with Crippen molar-refractivity contribution in [1.82, 2.24) is 9.88 Å². The molecule has 4 aromatic rings. The monoisotopic (exact) mass is 478 g/mol. The molecule has 3 nitrogen and oxygen atoms in total. The van der Waals surface area contributed by atoms with Crippen LogP contribution in [0.1, 0.15) is 41.5 Å². The molecule has 1 amide bonds. The maximum absolute atomic E-state index is 13.0. The Labute approximate surface area is 205 Å². The molecule has 5 heteroatoms. The highest BCUT2D eigenvalue weighted by Gasteiger charge is 2.22. The summed E-state index contributed by atoms with van der Waals surface area (Å²) in [6.07, 6.45) is 3.25. The van der Waals surface area contributed by atoms with Crippen LogP contribution in [0, 0.1) is 6.92 Å². The van der Waals surface area contributed by atoms with Gasteiger partial charge in [0.1, 0.15) is 0 Å². The highest BCUT2D eigenvalue weighted by molar-refractivity contribution is 6.35. The van der Waals surface area contributed by atoms with Crippen LogP contribution in [0.25, 0.3) is 10.9 Å². The number of hydrogen-bond donors (Lipinski definition) is 1. The van der Waals surface area contributed by atoms with Crippen LogP contribution in [0.4, 0.5) is 0 Å². The van der Waals surface area contributed by atoms with E-state index in [0.717, 1.165) is 17.7 Å². The summed E-state index contributed by atoms with van der Waals surface area (Å²) in [5.74, 6) is 0.00131. The van der Waals surface area contributed by atoms with Crippen molar-refractivity contribution in [3.63, 3.8) is 0 Å². The van der Waals surface area contributed by atoms with Gasteiger partial charge in [-0.05, 0) is 55.2 Å². The summed E-state index contributed by atoms with van der Waals surface area (Å²) in [6.45, 7) is 5.63. The van der Waals surface area contributed by atoms with Gasteiger partial charge in [0, 0.05) is 52.6 Å². The maximum Gasteiger partial charge on any atom is 0.220 e. The Morgan fingerprint density at radius 3 is 2.52 bits per heavy atom. The molecule has 0 saturated heterocycles. The molecule has 3 aromatic carbocycles. The number of amides is 1. The number of nitrogens with one attached hydrogen (secondary N) is 1. The second kappa shape index (κ2) is 10.5. The molecule has 0 saturated carbocycles. The van der Waals surface area contributed by atoms with E-state index in [4.69, 9.17) is 23.2 Å². The number of rotatable bonds is 8. The average molecular weight is 479 g/mol. The van der Waals surface area contributed by atoms with E-state index in [9.17, 15) is 4.79 Å². The van der Waals surface area contributed by atoms with Crippen LogP contribution in [0.3, 0.4) is 0 Å². The topological polar surface area (TPSA) is 34.0 Å². The van der Waals surface area contributed by atoms with Gasteiger partial charge in [0.15, 0.2) is 0 Å². The van der Waals surface area contributed by atoms with Gasteiger partial charge >= 0.3 is 0 Å².